The molecule has 17 heavy (non-hydrogen) atoms. The number of hydrogen-bond donors (Lipinski definition) is 1. The van der Waals surface area contributed by atoms with Crippen LogP contribution < -0.4 is 5.32 Å². The Morgan fingerprint density at radius 2 is 2.00 bits per heavy atom. The van der Waals surface area contributed by atoms with E-state index >= 15 is 0 Å². The van der Waals surface area contributed by atoms with Crippen LogP contribution >= 0.6 is 0 Å². The SMILES string of the molecule is Cc1c(F)cc(C#N)cc1NC(=O)C(F)(F)F. The summed E-state index contributed by atoms with van der Waals surface area (Å²) in [6.07, 6.45) is -5.06. The smallest absolute Gasteiger partial charge is 0.318 e. The van der Waals surface area contributed by atoms with Crippen LogP contribution in [0.3, 0.4) is 0 Å². The first kappa shape index (κ1) is 13.0. The maximum atomic E-state index is 13.2. The molecule has 0 atom stereocenters. The highest BCUT2D eigenvalue weighted by Crippen LogP contribution is 2.23. The number of carbonyl (C=O) groups is 1. The van der Waals surface area contributed by atoms with Gasteiger partial charge < -0.3 is 5.32 Å². The van der Waals surface area contributed by atoms with Crippen molar-refractivity contribution >= 4 is 11.6 Å². The Labute approximate surface area is 93.7 Å². The molecular formula is C10H6F4N2O. The van der Waals surface area contributed by atoms with Gasteiger partial charge in [0.2, 0.25) is 0 Å². The quantitative estimate of drug-likeness (QED) is 0.774. The van der Waals surface area contributed by atoms with E-state index in [1.807, 2.05) is 0 Å². The van der Waals surface area contributed by atoms with Crippen molar-refractivity contribution in [3.63, 3.8) is 0 Å². The summed E-state index contributed by atoms with van der Waals surface area (Å²) in [4.78, 5) is 10.7. The zero-order chi connectivity index (χ0) is 13.2. The van der Waals surface area contributed by atoms with Crippen LogP contribution in [-0.2, 0) is 4.79 Å². The molecule has 0 heterocycles. The summed E-state index contributed by atoms with van der Waals surface area (Å²) in [7, 11) is 0. The number of nitriles is 1. The molecule has 0 fully saturated rings. The summed E-state index contributed by atoms with van der Waals surface area (Å²) in [5.74, 6) is -3.07. The number of benzene rings is 1. The van der Waals surface area contributed by atoms with Gasteiger partial charge in [-0.1, -0.05) is 0 Å². The highest BCUT2D eigenvalue weighted by atomic mass is 19.4. The largest absolute Gasteiger partial charge is 0.471 e. The van der Waals surface area contributed by atoms with Gasteiger partial charge in [0.15, 0.2) is 0 Å². The summed E-state index contributed by atoms with van der Waals surface area (Å²) in [6, 6.07) is 3.42. The summed E-state index contributed by atoms with van der Waals surface area (Å²) in [5.41, 5.74) is -0.712. The number of nitrogens with zero attached hydrogens (tertiary/aromatic N) is 1. The first-order valence-electron chi connectivity index (χ1n) is 4.34. The van der Waals surface area contributed by atoms with Crippen LogP contribution in [0.2, 0.25) is 0 Å². The minimum Gasteiger partial charge on any atom is -0.318 e. The number of rotatable bonds is 1. The van der Waals surface area contributed by atoms with Crippen LogP contribution in [0.25, 0.3) is 0 Å². The lowest BCUT2D eigenvalue weighted by Gasteiger charge is -2.11. The molecule has 7 heteroatoms. The number of carbonyl (C=O) groups excluding carboxylic acids is 1. The molecule has 3 nitrogen and oxygen atoms in total. The van der Waals surface area contributed by atoms with Gasteiger partial charge in [-0.3, -0.25) is 4.79 Å². The first-order chi connectivity index (χ1) is 7.75. The minimum absolute atomic E-state index is 0.165. The van der Waals surface area contributed by atoms with Crippen molar-refractivity contribution in [2.75, 3.05) is 5.32 Å². The fourth-order valence-corrected chi connectivity index (χ4v) is 1.07. The standard InChI is InChI=1S/C10H6F4N2O/c1-5-7(11)2-6(4-15)3-8(5)16-9(17)10(12,13)14/h2-3H,1H3,(H,16,17). The Kier molecular flexibility index (Phi) is 3.36. The predicted octanol–water partition coefficient (Wildman–Crippen LogP) is 2.51. The van der Waals surface area contributed by atoms with Crippen molar-refractivity contribution in [2.45, 2.75) is 13.1 Å². The molecule has 0 aromatic heterocycles. The van der Waals surface area contributed by atoms with E-state index in [4.69, 9.17) is 5.26 Å². The Morgan fingerprint density at radius 1 is 1.41 bits per heavy atom. The molecule has 1 amide bonds. The zero-order valence-corrected chi connectivity index (χ0v) is 8.52. The van der Waals surface area contributed by atoms with Gasteiger partial charge in [0, 0.05) is 11.3 Å². The van der Waals surface area contributed by atoms with Crippen LogP contribution in [-0.4, -0.2) is 12.1 Å². The van der Waals surface area contributed by atoms with E-state index in [0.29, 0.717) is 0 Å². The molecule has 0 saturated heterocycles. The topological polar surface area (TPSA) is 52.9 Å². The van der Waals surface area contributed by atoms with Crippen molar-refractivity contribution in [2.24, 2.45) is 0 Å². The van der Waals surface area contributed by atoms with Gasteiger partial charge in [0.05, 0.1) is 11.6 Å². The number of amides is 1. The van der Waals surface area contributed by atoms with Crippen molar-refractivity contribution < 1.29 is 22.4 Å². The number of nitrogens with one attached hydrogen (secondary N) is 1. The monoisotopic (exact) mass is 246 g/mol. The van der Waals surface area contributed by atoms with E-state index in [9.17, 15) is 22.4 Å². The molecular weight excluding hydrogens is 240 g/mol. The van der Waals surface area contributed by atoms with Gasteiger partial charge >= 0.3 is 12.1 Å². The van der Waals surface area contributed by atoms with Crippen molar-refractivity contribution in [1.29, 1.82) is 5.26 Å². The molecule has 1 N–H and O–H groups in total. The fraction of sp³-hybridized carbons (Fsp3) is 0.200. The Morgan fingerprint density at radius 3 is 2.47 bits per heavy atom. The fourth-order valence-electron chi connectivity index (χ4n) is 1.07. The molecule has 0 saturated carbocycles. The molecule has 0 radical (unpaired) electrons. The van der Waals surface area contributed by atoms with Crippen molar-refractivity contribution in [1.82, 2.24) is 0 Å². The van der Waals surface area contributed by atoms with Crippen LogP contribution in [0.5, 0.6) is 0 Å². The van der Waals surface area contributed by atoms with Crippen molar-refractivity contribution in [3.05, 3.63) is 29.1 Å². The minimum atomic E-state index is -5.06. The lowest BCUT2D eigenvalue weighted by atomic mass is 10.1. The van der Waals surface area contributed by atoms with Crippen molar-refractivity contribution in [3.8, 4) is 6.07 Å². The molecule has 1 aromatic carbocycles. The van der Waals surface area contributed by atoms with E-state index in [1.165, 1.54) is 12.2 Å². The summed E-state index contributed by atoms with van der Waals surface area (Å²) in [6.45, 7) is 1.20. The second-order valence-electron chi connectivity index (χ2n) is 3.19. The average Bonchev–Trinajstić information content (AvgIpc) is 2.22. The van der Waals surface area contributed by atoms with Crippen LogP contribution in [0, 0.1) is 24.1 Å². The van der Waals surface area contributed by atoms with Gasteiger partial charge in [0.25, 0.3) is 0 Å². The molecule has 0 spiro atoms. The molecule has 90 valence electrons. The Bertz CT molecular complexity index is 502. The van der Waals surface area contributed by atoms with E-state index in [2.05, 4.69) is 0 Å². The molecule has 0 aliphatic rings. The summed E-state index contributed by atoms with van der Waals surface area (Å²) >= 11 is 0. The summed E-state index contributed by atoms with van der Waals surface area (Å²) < 4.78 is 49.1. The van der Waals surface area contributed by atoms with Crippen LogP contribution in [0.1, 0.15) is 11.1 Å². The van der Waals surface area contributed by atoms with Gasteiger partial charge in [-0.25, -0.2) is 4.39 Å². The normalized spacial score (nSPS) is 10.8. The Balaban J connectivity index is 3.12. The number of alkyl halides is 3. The average molecular weight is 246 g/mol. The van der Waals surface area contributed by atoms with E-state index in [1.54, 1.807) is 6.07 Å². The highest BCUT2D eigenvalue weighted by molar-refractivity contribution is 5.95. The van der Waals surface area contributed by atoms with Gasteiger partial charge in [-0.2, -0.15) is 18.4 Å². The third-order valence-electron chi connectivity index (χ3n) is 1.98. The third kappa shape index (κ3) is 2.93. The molecule has 0 bridgehead atoms. The maximum absolute atomic E-state index is 13.2. The highest BCUT2D eigenvalue weighted by Gasteiger charge is 2.39. The molecule has 0 aliphatic heterocycles. The van der Waals surface area contributed by atoms with Crippen LogP contribution in [0.4, 0.5) is 23.2 Å². The van der Waals surface area contributed by atoms with Gasteiger partial charge in [0.1, 0.15) is 5.82 Å². The number of anilines is 1. The first-order valence-corrected chi connectivity index (χ1v) is 4.34. The molecule has 0 aliphatic carbocycles. The summed E-state index contributed by atoms with van der Waals surface area (Å²) in [5, 5.41) is 10.0. The second-order valence-corrected chi connectivity index (χ2v) is 3.19. The predicted molar refractivity (Wildman–Crippen MR) is 50.5 cm³/mol. The van der Waals surface area contributed by atoms with Crippen LogP contribution in [0.15, 0.2) is 12.1 Å². The van der Waals surface area contributed by atoms with E-state index in [-0.39, 0.29) is 16.8 Å². The molecule has 1 rings (SSSR count). The molecule has 0 unspecified atom stereocenters. The van der Waals surface area contributed by atoms with Gasteiger partial charge in [-0.05, 0) is 19.1 Å². The third-order valence-corrected chi connectivity index (χ3v) is 1.98. The second kappa shape index (κ2) is 4.41. The zero-order valence-electron chi connectivity index (χ0n) is 8.52. The number of hydrogen-bond acceptors (Lipinski definition) is 2. The maximum Gasteiger partial charge on any atom is 0.471 e. The van der Waals surface area contributed by atoms with Gasteiger partial charge in [-0.15, -0.1) is 0 Å². The Hall–Kier alpha value is -2.10. The van der Waals surface area contributed by atoms with E-state index < -0.39 is 17.9 Å². The lowest BCUT2D eigenvalue weighted by Crippen LogP contribution is -2.30. The molecule has 1 aromatic rings. The lowest BCUT2D eigenvalue weighted by molar-refractivity contribution is -0.167. The van der Waals surface area contributed by atoms with E-state index in [0.717, 1.165) is 12.1 Å². The number of halogens is 4.